The van der Waals surface area contributed by atoms with Crippen LogP contribution in [0.2, 0.25) is 0 Å². The monoisotopic (exact) mass is 316 g/mol. The number of carbonyl (C=O) groups is 1. The number of hydrogen-bond acceptors (Lipinski definition) is 3. The second kappa shape index (κ2) is 18.1. The van der Waals surface area contributed by atoms with E-state index in [2.05, 4.69) is 35.8 Å². The molecule has 0 aromatic carbocycles. The quantitative estimate of drug-likeness (QED) is 0.273. The molecular weight excluding hydrogens is 288 g/mol. The fraction of sp³-hybridized carbons (Fsp3) is 0.550. The smallest absolute Gasteiger partial charge is 0.302 e. The van der Waals surface area contributed by atoms with Gasteiger partial charge in [0.15, 0.2) is 0 Å². The number of esters is 1. The largest absolute Gasteiger partial charge is 0.466 e. The lowest BCUT2D eigenvalue weighted by Crippen LogP contribution is -1.99. The summed E-state index contributed by atoms with van der Waals surface area (Å²) in [6, 6.07) is 0. The molecule has 23 heavy (non-hydrogen) atoms. The van der Waals surface area contributed by atoms with E-state index in [9.17, 15) is 4.79 Å². The average molecular weight is 316 g/mol. The van der Waals surface area contributed by atoms with Gasteiger partial charge in [0.1, 0.15) is 0 Å². The molecule has 0 amide bonds. The van der Waals surface area contributed by atoms with Crippen molar-refractivity contribution in [1.29, 1.82) is 0 Å². The van der Waals surface area contributed by atoms with Gasteiger partial charge >= 0.3 is 5.97 Å². The third kappa shape index (κ3) is 20.0. The molecule has 0 atom stereocenters. The lowest BCUT2D eigenvalue weighted by molar-refractivity contribution is -0.141. The maximum atomic E-state index is 10.6. The summed E-state index contributed by atoms with van der Waals surface area (Å²) >= 11 is 0. The molecule has 0 radical (unpaired) electrons. The van der Waals surface area contributed by atoms with Gasteiger partial charge in [-0.2, -0.15) is 0 Å². The predicted molar refractivity (Wildman–Crippen MR) is 94.5 cm³/mol. The van der Waals surface area contributed by atoms with Crippen molar-refractivity contribution in [1.82, 2.24) is 0 Å². The molecule has 1 N–H and O–H groups in total. The average Bonchev–Trinajstić information content (AvgIpc) is 2.53. The minimum atomic E-state index is -0.188. The summed E-state index contributed by atoms with van der Waals surface area (Å²) in [7, 11) is 0. The summed E-state index contributed by atoms with van der Waals surface area (Å²) in [4.78, 5) is 10.6. The molecule has 3 nitrogen and oxygen atoms in total. The first kappa shape index (κ1) is 21.0. The van der Waals surface area contributed by atoms with Gasteiger partial charge in [-0.15, -0.1) is 0 Å². The number of allylic oxidation sites excluding steroid dienone is 3. The summed E-state index contributed by atoms with van der Waals surface area (Å²) in [6.07, 6.45) is 16.3. The van der Waals surface area contributed by atoms with E-state index in [4.69, 9.17) is 9.84 Å². The molecule has 0 rings (SSSR count). The zero-order valence-corrected chi connectivity index (χ0v) is 14.1. The number of hydrogen-bond donors (Lipinski definition) is 1. The van der Waals surface area contributed by atoms with Crippen LogP contribution in [0.25, 0.3) is 0 Å². The van der Waals surface area contributed by atoms with Gasteiger partial charge in [-0.25, -0.2) is 0 Å². The van der Waals surface area contributed by atoms with E-state index in [1.165, 1.54) is 32.6 Å². The molecular formula is C20H28O3. The van der Waals surface area contributed by atoms with Crippen molar-refractivity contribution in [2.75, 3.05) is 13.2 Å². The Kier molecular flexibility index (Phi) is 16.5. The summed E-state index contributed by atoms with van der Waals surface area (Å²) in [5, 5.41) is 8.49. The second-order valence-corrected chi connectivity index (χ2v) is 5.08. The van der Waals surface area contributed by atoms with Crippen LogP contribution in [0.4, 0.5) is 0 Å². The van der Waals surface area contributed by atoms with E-state index in [0.29, 0.717) is 6.61 Å². The molecule has 0 saturated carbocycles. The Balaban J connectivity index is 3.34. The van der Waals surface area contributed by atoms with Crippen LogP contribution in [0.5, 0.6) is 0 Å². The summed E-state index contributed by atoms with van der Waals surface area (Å²) in [5.74, 6) is 10.9. The maximum absolute atomic E-state index is 10.6. The van der Waals surface area contributed by atoms with Gasteiger partial charge in [0.05, 0.1) is 13.2 Å². The Bertz CT molecular complexity index is 467. The molecule has 0 spiro atoms. The summed E-state index contributed by atoms with van der Waals surface area (Å²) in [6.45, 7) is 2.02. The van der Waals surface area contributed by atoms with Crippen LogP contribution in [-0.4, -0.2) is 24.3 Å². The Morgan fingerprint density at radius 3 is 2.48 bits per heavy atom. The van der Waals surface area contributed by atoms with Gasteiger partial charge in [-0.05, 0) is 37.2 Å². The summed E-state index contributed by atoms with van der Waals surface area (Å²) in [5.41, 5.74) is 0. The molecule has 0 saturated heterocycles. The molecule has 126 valence electrons. The highest BCUT2D eigenvalue weighted by Crippen LogP contribution is 2.07. The van der Waals surface area contributed by atoms with Crippen LogP contribution in [0, 0.1) is 23.7 Å². The Morgan fingerprint density at radius 2 is 1.74 bits per heavy atom. The van der Waals surface area contributed by atoms with Crippen molar-refractivity contribution < 1.29 is 14.6 Å². The Hall–Kier alpha value is -1.97. The van der Waals surface area contributed by atoms with E-state index < -0.39 is 0 Å². The van der Waals surface area contributed by atoms with E-state index in [1.54, 1.807) is 12.2 Å². The Morgan fingerprint density at radius 1 is 1.00 bits per heavy atom. The highest BCUT2D eigenvalue weighted by Gasteiger charge is 1.93. The van der Waals surface area contributed by atoms with Gasteiger partial charge in [0.25, 0.3) is 0 Å². The standard InChI is InChI=1S/C20H28O3/c1-20(22)23-19-17-15-13-11-9-7-5-3-2-4-6-8-10-12-14-16-18-21/h2-3,14,16,21H,4-5,7,9,11,13,15,17-19H2,1H3. The molecule has 0 bridgehead atoms. The zero-order chi connectivity index (χ0) is 17.0. The van der Waals surface area contributed by atoms with Crippen molar-refractivity contribution in [2.24, 2.45) is 0 Å². The van der Waals surface area contributed by atoms with Gasteiger partial charge in [-0.3, -0.25) is 4.79 Å². The second-order valence-electron chi connectivity index (χ2n) is 5.08. The molecule has 0 aromatic rings. The Labute approximate surface area is 140 Å². The number of ether oxygens (including phenoxy) is 1. The van der Waals surface area contributed by atoms with E-state index >= 15 is 0 Å². The number of aliphatic hydroxyl groups is 1. The number of unbranched alkanes of at least 4 members (excludes halogenated alkanes) is 6. The lowest BCUT2D eigenvalue weighted by Gasteiger charge is -2.01. The zero-order valence-electron chi connectivity index (χ0n) is 14.1. The first-order valence-corrected chi connectivity index (χ1v) is 8.30. The van der Waals surface area contributed by atoms with E-state index in [-0.39, 0.29) is 12.6 Å². The van der Waals surface area contributed by atoms with E-state index in [0.717, 1.165) is 25.7 Å². The molecule has 0 aromatic heterocycles. The third-order valence-electron chi connectivity index (χ3n) is 2.99. The predicted octanol–water partition coefficient (Wildman–Crippen LogP) is 3.78. The fourth-order valence-corrected chi connectivity index (χ4v) is 1.83. The lowest BCUT2D eigenvalue weighted by atomic mass is 10.1. The first-order chi connectivity index (χ1) is 11.3. The van der Waals surface area contributed by atoms with Gasteiger partial charge < -0.3 is 9.84 Å². The summed E-state index contributed by atoms with van der Waals surface area (Å²) < 4.78 is 4.89. The van der Waals surface area contributed by atoms with Gasteiger partial charge in [0.2, 0.25) is 0 Å². The minimum Gasteiger partial charge on any atom is -0.466 e. The van der Waals surface area contributed by atoms with Gasteiger partial charge in [-0.1, -0.05) is 55.8 Å². The van der Waals surface area contributed by atoms with Crippen LogP contribution in [0.3, 0.4) is 0 Å². The van der Waals surface area contributed by atoms with Crippen molar-refractivity contribution in [3.8, 4) is 23.7 Å². The van der Waals surface area contributed by atoms with Crippen LogP contribution >= 0.6 is 0 Å². The highest BCUT2D eigenvalue weighted by atomic mass is 16.5. The van der Waals surface area contributed by atoms with Crippen molar-refractivity contribution >= 4 is 5.97 Å². The SMILES string of the molecule is CC(=O)OCCCCCCCCC=CCC#CC#CC=CCO. The van der Waals surface area contributed by atoms with Crippen LogP contribution < -0.4 is 0 Å². The molecule has 0 aliphatic rings. The molecule has 0 aliphatic carbocycles. The maximum Gasteiger partial charge on any atom is 0.302 e. The topological polar surface area (TPSA) is 46.5 Å². The van der Waals surface area contributed by atoms with Crippen LogP contribution in [-0.2, 0) is 9.53 Å². The van der Waals surface area contributed by atoms with Crippen molar-refractivity contribution in [3.05, 3.63) is 24.3 Å². The number of aliphatic hydroxyl groups excluding tert-OH is 1. The number of carbonyl (C=O) groups excluding carboxylic acids is 1. The normalized spacial score (nSPS) is 10.2. The van der Waals surface area contributed by atoms with Crippen LogP contribution in [0.1, 0.15) is 58.3 Å². The van der Waals surface area contributed by atoms with Gasteiger partial charge in [0, 0.05) is 13.3 Å². The molecule has 0 unspecified atom stereocenters. The fourth-order valence-electron chi connectivity index (χ4n) is 1.83. The van der Waals surface area contributed by atoms with Crippen molar-refractivity contribution in [3.63, 3.8) is 0 Å². The first-order valence-electron chi connectivity index (χ1n) is 8.30. The van der Waals surface area contributed by atoms with Crippen LogP contribution in [0.15, 0.2) is 24.3 Å². The molecule has 0 heterocycles. The number of rotatable bonds is 11. The minimum absolute atomic E-state index is 0.0130. The van der Waals surface area contributed by atoms with E-state index in [1.807, 2.05) is 0 Å². The molecule has 0 fully saturated rings. The third-order valence-corrected chi connectivity index (χ3v) is 2.99. The molecule has 0 aliphatic heterocycles. The van der Waals surface area contributed by atoms with Crippen molar-refractivity contribution in [2.45, 2.75) is 58.3 Å². The molecule has 3 heteroatoms. The highest BCUT2D eigenvalue weighted by molar-refractivity contribution is 5.65.